The van der Waals surface area contributed by atoms with E-state index in [-0.39, 0.29) is 5.91 Å². The minimum Gasteiger partial charge on any atom is -0.381 e. The summed E-state index contributed by atoms with van der Waals surface area (Å²) < 4.78 is 7.45. The minimum atomic E-state index is 0.00748. The van der Waals surface area contributed by atoms with Gasteiger partial charge in [-0.15, -0.1) is 0 Å². The zero-order chi connectivity index (χ0) is 15.5. The highest BCUT2D eigenvalue weighted by molar-refractivity contribution is 5.98. The van der Waals surface area contributed by atoms with E-state index in [1.807, 2.05) is 17.7 Å². The van der Waals surface area contributed by atoms with Crippen molar-refractivity contribution in [2.45, 2.75) is 26.2 Å². The van der Waals surface area contributed by atoms with Crippen LogP contribution in [0, 0.1) is 12.8 Å². The highest BCUT2D eigenvalue weighted by Crippen LogP contribution is 2.20. The van der Waals surface area contributed by atoms with Crippen molar-refractivity contribution in [1.82, 2.24) is 9.88 Å². The number of carbonyl (C=O) groups is 1. The number of nitrogens with zero attached hydrogens (tertiary/aromatic N) is 1. The first-order chi connectivity index (χ1) is 10.6. The summed E-state index contributed by atoms with van der Waals surface area (Å²) in [5, 5.41) is 4.16. The zero-order valence-corrected chi connectivity index (χ0v) is 13.4. The molecule has 4 nitrogen and oxygen atoms in total. The van der Waals surface area contributed by atoms with Gasteiger partial charge in [-0.05, 0) is 49.8 Å². The molecule has 1 aliphatic rings. The van der Waals surface area contributed by atoms with Gasteiger partial charge < -0.3 is 14.6 Å². The lowest BCUT2D eigenvalue weighted by Crippen LogP contribution is -2.29. The molecule has 2 aromatic rings. The van der Waals surface area contributed by atoms with Crippen molar-refractivity contribution in [2.24, 2.45) is 13.0 Å². The van der Waals surface area contributed by atoms with Crippen molar-refractivity contribution in [3.63, 3.8) is 0 Å². The molecule has 1 fully saturated rings. The van der Waals surface area contributed by atoms with Crippen LogP contribution in [0.15, 0.2) is 24.3 Å². The summed E-state index contributed by atoms with van der Waals surface area (Å²) in [5.41, 5.74) is 3.03. The van der Waals surface area contributed by atoms with Crippen LogP contribution >= 0.6 is 0 Å². The summed E-state index contributed by atoms with van der Waals surface area (Å²) in [6, 6.07) is 8.23. The topological polar surface area (TPSA) is 43.3 Å². The third-order valence-electron chi connectivity index (χ3n) is 4.53. The summed E-state index contributed by atoms with van der Waals surface area (Å²) in [4.78, 5) is 12.4. The molecule has 1 aromatic carbocycles. The van der Waals surface area contributed by atoms with Crippen LogP contribution < -0.4 is 5.32 Å². The summed E-state index contributed by atoms with van der Waals surface area (Å²) in [7, 11) is 1.95. The number of amides is 1. The predicted octanol–water partition coefficient (Wildman–Crippen LogP) is 3.03. The van der Waals surface area contributed by atoms with Crippen LogP contribution in [0.1, 0.15) is 35.3 Å². The Hall–Kier alpha value is -1.81. The SMILES string of the molecule is Cc1ccc2cc(C(=O)NCCC3CCCOC3)n(C)c2c1. The molecule has 0 saturated carbocycles. The van der Waals surface area contributed by atoms with Gasteiger partial charge in [0.2, 0.25) is 0 Å². The third kappa shape index (κ3) is 3.17. The van der Waals surface area contributed by atoms with Crippen LogP contribution in [-0.2, 0) is 11.8 Å². The number of ether oxygens (including phenoxy) is 1. The molecule has 1 unspecified atom stereocenters. The van der Waals surface area contributed by atoms with Gasteiger partial charge in [0.1, 0.15) is 5.69 Å². The maximum Gasteiger partial charge on any atom is 0.267 e. The van der Waals surface area contributed by atoms with E-state index < -0.39 is 0 Å². The monoisotopic (exact) mass is 300 g/mol. The van der Waals surface area contributed by atoms with Gasteiger partial charge in [-0.1, -0.05) is 12.1 Å². The van der Waals surface area contributed by atoms with Crippen molar-refractivity contribution < 1.29 is 9.53 Å². The van der Waals surface area contributed by atoms with Crippen molar-refractivity contribution in [1.29, 1.82) is 0 Å². The number of aryl methyl sites for hydroxylation is 2. The lowest BCUT2D eigenvalue weighted by molar-refractivity contribution is 0.0514. The molecule has 2 heterocycles. The number of rotatable bonds is 4. The molecule has 1 N–H and O–H groups in total. The average Bonchev–Trinajstić information content (AvgIpc) is 2.85. The van der Waals surface area contributed by atoms with Crippen LogP contribution in [0.25, 0.3) is 10.9 Å². The predicted molar refractivity (Wildman–Crippen MR) is 88.1 cm³/mol. The van der Waals surface area contributed by atoms with Crippen molar-refractivity contribution in [3.05, 3.63) is 35.5 Å². The van der Waals surface area contributed by atoms with Crippen LogP contribution in [0.2, 0.25) is 0 Å². The normalized spacial score (nSPS) is 18.5. The Bertz CT molecular complexity index is 669. The van der Waals surface area contributed by atoms with Crippen molar-refractivity contribution in [2.75, 3.05) is 19.8 Å². The summed E-state index contributed by atoms with van der Waals surface area (Å²) in [6.45, 7) is 4.51. The fourth-order valence-corrected chi connectivity index (χ4v) is 3.17. The van der Waals surface area contributed by atoms with E-state index >= 15 is 0 Å². The van der Waals surface area contributed by atoms with Gasteiger partial charge in [0.05, 0.1) is 0 Å². The second-order valence-electron chi connectivity index (χ2n) is 6.28. The van der Waals surface area contributed by atoms with Gasteiger partial charge in [-0.3, -0.25) is 4.79 Å². The number of aromatic nitrogens is 1. The molecule has 1 aliphatic heterocycles. The molecule has 0 spiro atoms. The van der Waals surface area contributed by atoms with Gasteiger partial charge in [-0.25, -0.2) is 0 Å². The van der Waals surface area contributed by atoms with Gasteiger partial charge >= 0.3 is 0 Å². The molecule has 0 radical (unpaired) electrons. The lowest BCUT2D eigenvalue weighted by Gasteiger charge is -2.21. The second-order valence-corrected chi connectivity index (χ2v) is 6.28. The standard InChI is InChI=1S/C18H24N2O2/c1-13-5-6-15-11-17(20(2)16(15)10-13)18(21)19-8-7-14-4-3-9-22-12-14/h5-6,10-11,14H,3-4,7-9,12H2,1-2H3,(H,19,21). The Labute approximate surface area is 131 Å². The summed E-state index contributed by atoms with van der Waals surface area (Å²) in [5.74, 6) is 0.595. The molecule has 1 aromatic heterocycles. The molecular formula is C18H24N2O2. The Morgan fingerprint density at radius 2 is 2.27 bits per heavy atom. The van der Waals surface area contributed by atoms with Crippen LogP contribution in [-0.4, -0.2) is 30.2 Å². The van der Waals surface area contributed by atoms with E-state index in [4.69, 9.17) is 4.74 Å². The van der Waals surface area contributed by atoms with E-state index in [0.717, 1.165) is 42.7 Å². The van der Waals surface area contributed by atoms with Crippen molar-refractivity contribution in [3.8, 4) is 0 Å². The lowest BCUT2D eigenvalue weighted by atomic mass is 9.99. The molecule has 1 atom stereocenters. The molecule has 3 rings (SSSR count). The fraction of sp³-hybridized carbons (Fsp3) is 0.500. The number of hydrogen-bond donors (Lipinski definition) is 1. The van der Waals surface area contributed by atoms with E-state index in [9.17, 15) is 4.79 Å². The first-order valence-electron chi connectivity index (χ1n) is 8.07. The van der Waals surface area contributed by atoms with E-state index in [0.29, 0.717) is 12.5 Å². The number of benzene rings is 1. The molecule has 1 saturated heterocycles. The minimum absolute atomic E-state index is 0.00748. The van der Waals surface area contributed by atoms with E-state index in [2.05, 4.69) is 30.4 Å². The second kappa shape index (κ2) is 6.53. The third-order valence-corrected chi connectivity index (χ3v) is 4.53. The Kier molecular flexibility index (Phi) is 4.48. The van der Waals surface area contributed by atoms with Crippen LogP contribution in [0.3, 0.4) is 0 Å². The first-order valence-corrected chi connectivity index (χ1v) is 8.07. The number of carbonyl (C=O) groups excluding carboxylic acids is 1. The Morgan fingerprint density at radius 3 is 3.05 bits per heavy atom. The van der Waals surface area contributed by atoms with Crippen molar-refractivity contribution >= 4 is 16.8 Å². The molecule has 22 heavy (non-hydrogen) atoms. The average molecular weight is 300 g/mol. The number of hydrogen-bond acceptors (Lipinski definition) is 2. The summed E-state index contributed by atoms with van der Waals surface area (Å²) >= 11 is 0. The smallest absolute Gasteiger partial charge is 0.267 e. The molecule has 0 aliphatic carbocycles. The molecule has 4 heteroatoms. The molecule has 118 valence electrons. The Morgan fingerprint density at radius 1 is 1.41 bits per heavy atom. The van der Waals surface area contributed by atoms with Gasteiger partial charge in [0.25, 0.3) is 5.91 Å². The fourth-order valence-electron chi connectivity index (χ4n) is 3.17. The van der Waals surface area contributed by atoms with Gasteiger partial charge in [0.15, 0.2) is 0 Å². The number of nitrogens with one attached hydrogen (secondary N) is 1. The maximum absolute atomic E-state index is 12.4. The van der Waals surface area contributed by atoms with Gasteiger partial charge in [0, 0.05) is 37.7 Å². The maximum atomic E-state index is 12.4. The molecule has 0 bridgehead atoms. The van der Waals surface area contributed by atoms with Crippen LogP contribution in [0.4, 0.5) is 0 Å². The summed E-state index contributed by atoms with van der Waals surface area (Å²) in [6.07, 6.45) is 3.35. The van der Waals surface area contributed by atoms with E-state index in [1.165, 1.54) is 12.0 Å². The molecular weight excluding hydrogens is 276 g/mol. The quantitative estimate of drug-likeness (QED) is 0.943. The van der Waals surface area contributed by atoms with Gasteiger partial charge in [-0.2, -0.15) is 0 Å². The van der Waals surface area contributed by atoms with E-state index in [1.54, 1.807) is 0 Å². The highest BCUT2D eigenvalue weighted by Gasteiger charge is 2.16. The first kappa shape index (κ1) is 15.1. The number of fused-ring (bicyclic) bond motifs is 1. The molecule has 1 amide bonds. The Balaban J connectivity index is 1.63. The largest absolute Gasteiger partial charge is 0.381 e. The van der Waals surface area contributed by atoms with Crippen LogP contribution in [0.5, 0.6) is 0 Å². The highest BCUT2D eigenvalue weighted by atomic mass is 16.5. The zero-order valence-electron chi connectivity index (χ0n) is 13.4.